The molecule has 2 nitrogen and oxygen atoms in total. The molecule has 0 fully saturated rings. The van der Waals surface area contributed by atoms with Crippen molar-refractivity contribution in [1.29, 1.82) is 0 Å². The summed E-state index contributed by atoms with van der Waals surface area (Å²) >= 11 is 6.07. The van der Waals surface area contributed by atoms with Gasteiger partial charge in [-0.15, -0.1) is 0 Å². The predicted octanol–water partition coefficient (Wildman–Crippen LogP) is 3.84. The molecule has 0 unspecified atom stereocenters. The summed E-state index contributed by atoms with van der Waals surface area (Å²) in [5.74, 6) is 0. The van der Waals surface area contributed by atoms with Crippen molar-refractivity contribution in [2.75, 3.05) is 0 Å². The minimum atomic E-state index is 0.0416. The van der Waals surface area contributed by atoms with Crippen molar-refractivity contribution in [1.82, 2.24) is 4.57 Å². The molecule has 0 saturated carbocycles. The first kappa shape index (κ1) is 12.3. The highest BCUT2D eigenvalue weighted by molar-refractivity contribution is 6.31. The maximum absolute atomic E-state index is 9.44. The van der Waals surface area contributed by atoms with Crippen molar-refractivity contribution in [3.05, 3.63) is 70.9 Å². The van der Waals surface area contributed by atoms with E-state index in [-0.39, 0.29) is 6.61 Å². The molecule has 0 aliphatic carbocycles. The number of rotatable bonds is 3. The van der Waals surface area contributed by atoms with E-state index in [0.29, 0.717) is 5.02 Å². The van der Waals surface area contributed by atoms with E-state index in [1.54, 1.807) is 0 Å². The maximum atomic E-state index is 9.44. The Hall–Kier alpha value is -1.77. The highest BCUT2D eigenvalue weighted by atomic mass is 35.5. The van der Waals surface area contributed by atoms with E-state index in [1.165, 1.54) is 5.56 Å². The molecule has 3 heteroatoms. The summed E-state index contributed by atoms with van der Waals surface area (Å²) in [5, 5.41) is 11.2. The molecule has 1 N–H and O–H groups in total. The lowest BCUT2D eigenvalue weighted by Crippen LogP contribution is -1.97. The summed E-state index contributed by atoms with van der Waals surface area (Å²) in [6.45, 7) is 0.817. The topological polar surface area (TPSA) is 25.2 Å². The van der Waals surface area contributed by atoms with E-state index in [1.807, 2.05) is 42.6 Å². The maximum Gasteiger partial charge on any atom is 0.0702 e. The van der Waals surface area contributed by atoms with Gasteiger partial charge in [-0.1, -0.05) is 48.0 Å². The van der Waals surface area contributed by atoms with Crippen molar-refractivity contribution in [3.63, 3.8) is 0 Å². The summed E-state index contributed by atoms with van der Waals surface area (Å²) in [4.78, 5) is 0. The molecule has 0 aliphatic heterocycles. The lowest BCUT2D eigenvalue weighted by Gasteiger charge is -2.05. The molecule has 0 amide bonds. The van der Waals surface area contributed by atoms with Gasteiger partial charge in [-0.05, 0) is 17.7 Å². The largest absolute Gasteiger partial charge is 0.392 e. The van der Waals surface area contributed by atoms with E-state index >= 15 is 0 Å². The molecule has 96 valence electrons. The Morgan fingerprint density at radius 3 is 2.58 bits per heavy atom. The van der Waals surface area contributed by atoms with Crippen molar-refractivity contribution < 1.29 is 5.11 Å². The Kier molecular flexibility index (Phi) is 3.28. The Morgan fingerprint density at radius 2 is 1.84 bits per heavy atom. The van der Waals surface area contributed by atoms with Gasteiger partial charge in [0.1, 0.15) is 0 Å². The standard InChI is InChI=1S/C16H14ClNO/c17-14-6-7-15-13(11-19)10-18(16(15)8-14)9-12-4-2-1-3-5-12/h1-8,10,19H,9,11H2. The number of hydrogen-bond donors (Lipinski definition) is 1. The van der Waals surface area contributed by atoms with Crippen molar-refractivity contribution >= 4 is 22.5 Å². The lowest BCUT2D eigenvalue weighted by molar-refractivity contribution is 0.283. The van der Waals surface area contributed by atoms with Crippen LogP contribution in [0.1, 0.15) is 11.1 Å². The van der Waals surface area contributed by atoms with Crippen LogP contribution in [0.2, 0.25) is 5.02 Å². The first-order valence-electron chi connectivity index (χ1n) is 6.20. The van der Waals surface area contributed by atoms with Crippen LogP contribution >= 0.6 is 11.6 Å². The van der Waals surface area contributed by atoms with Crippen LogP contribution in [0, 0.1) is 0 Å². The average Bonchev–Trinajstić information content (AvgIpc) is 2.77. The summed E-state index contributed by atoms with van der Waals surface area (Å²) in [5.41, 5.74) is 3.21. The van der Waals surface area contributed by atoms with Crippen LogP contribution in [-0.2, 0) is 13.2 Å². The monoisotopic (exact) mass is 271 g/mol. The fourth-order valence-corrected chi connectivity index (χ4v) is 2.54. The van der Waals surface area contributed by atoms with Gasteiger partial charge >= 0.3 is 0 Å². The van der Waals surface area contributed by atoms with Gasteiger partial charge in [0.15, 0.2) is 0 Å². The van der Waals surface area contributed by atoms with Crippen LogP contribution in [0.5, 0.6) is 0 Å². The fourth-order valence-electron chi connectivity index (χ4n) is 2.38. The average molecular weight is 272 g/mol. The van der Waals surface area contributed by atoms with Crippen LogP contribution in [0.4, 0.5) is 0 Å². The molecule has 0 aliphatic rings. The van der Waals surface area contributed by atoms with E-state index in [0.717, 1.165) is 23.0 Å². The zero-order valence-corrected chi connectivity index (χ0v) is 11.1. The Bertz CT molecular complexity index is 703. The van der Waals surface area contributed by atoms with Crippen molar-refractivity contribution in [2.24, 2.45) is 0 Å². The minimum Gasteiger partial charge on any atom is -0.392 e. The Labute approximate surface area is 116 Å². The van der Waals surface area contributed by atoms with Gasteiger partial charge in [0.2, 0.25) is 0 Å². The molecule has 0 saturated heterocycles. The summed E-state index contributed by atoms with van der Waals surface area (Å²) in [6.07, 6.45) is 1.99. The van der Waals surface area contributed by atoms with Gasteiger partial charge in [0, 0.05) is 28.7 Å². The highest BCUT2D eigenvalue weighted by Crippen LogP contribution is 2.25. The van der Waals surface area contributed by atoms with Crippen LogP contribution in [0.25, 0.3) is 10.9 Å². The van der Waals surface area contributed by atoms with E-state index in [2.05, 4.69) is 16.7 Å². The molecule has 19 heavy (non-hydrogen) atoms. The number of aliphatic hydroxyl groups is 1. The number of hydrogen-bond acceptors (Lipinski definition) is 1. The molecule has 3 rings (SSSR count). The quantitative estimate of drug-likeness (QED) is 0.769. The highest BCUT2D eigenvalue weighted by Gasteiger charge is 2.08. The third-order valence-electron chi connectivity index (χ3n) is 3.29. The van der Waals surface area contributed by atoms with E-state index in [9.17, 15) is 5.11 Å². The smallest absolute Gasteiger partial charge is 0.0702 e. The molecule has 0 bridgehead atoms. The summed E-state index contributed by atoms with van der Waals surface area (Å²) < 4.78 is 2.13. The first-order valence-corrected chi connectivity index (χ1v) is 6.58. The van der Waals surface area contributed by atoms with Crippen LogP contribution < -0.4 is 0 Å². The van der Waals surface area contributed by atoms with E-state index in [4.69, 9.17) is 11.6 Å². The Balaban J connectivity index is 2.10. The van der Waals surface area contributed by atoms with Gasteiger partial charge < -0.3 is 9.67 Å². The second-order valence-electron chi connectivity index (χ2n) is 4.59. The molecule has 0 radical (unpaired) electrons. The Morgan fingerprint density at radius 1 is 1.05 bits per heavy atom. The first-order chi connectivity index (χ1) is 9.28. The minimum absolute atomic E-state index is 0.0416. The number of halogens is 1. The van der Waals surface area contributed by atoms with Crippen molar-refractivity contribution in [2.45, 2.75) is 13.2 Å². The van der Waals surface area contributed by atoms with Gasteiger partial charge in [-0.2, -0.15) is 0 Å². The molecule has 1 aromatic heterocycles. The molecule has 0 atom stereocenters. The van der Waals surface area contributed by atoms with Gasteiger partial charge in [-0.3, -0.25) is 0 Å². The number of nitrogens with zero attached hydrogens (tertiary/aromatic N) is 1. The second-order valence-corrected chi connectivity index (χ2v) is 5.02. The lowest BCUT2D eigenvalue weighted by atomic mass is 10.2. The molecule has 1 heterocycles. The number of aromatic nitrogens is 1. The van der Waals surface area contributed by atoms with Crippen molar-refractivity contribution in [3.8, 4) is 0 Å². The number of benzene rings is 2. The van der Waals surface area contributed by atoms with Crippen LogP contribution in [0.3, 0.4) is 0 Å². The van der Waals surface area contributed by atoms with Gasteiger partial charge in [-0.25, -0.2) is 0 Å². The number of fused-ring (bicyclic) bond motifs is 1. The zero-order chi connectivity index (χ0) is 13.2. The van der Waals surface area contributed by atoms with Crippen LogP contribution in [0.15, 0.2) is 54.7 Å². The molecule has 3 aromatic rings. The summed E-state index contributed by atoms with van der Waals surface area (Å²) in [7, 11) is 0. The van der Waals surface area contributed by atoms with Gasteiger partial charge in [0.05, 0.1) is 12.1 Å². The van der Waals surface area contributed by atoms with Gasteiger partial charge in [0.25, 0.3) is 0 Å². The normalized spacial score (nSPS) is 11.1. The zero-order valence-electron chi connectivity index (χ0n) is 10.4. The third kappa shape index (κ3) is 2.37. The number of aliphatic hydroxyl groups excluding tert-OH is 1. The molecular weight excluding hydrogens is 258 g/mol. The molecule has 2 aromatic carbocycles. The second kappa shape index (κ2) is 5.08. The molecular formula is C16H14ClNO. The van der Waals surface area contributed by atoms with E-state index < -0.39 is 0 Å². The van der Waals surface area contributed by atoms with Crippen LogP contribution in [-0.4, -0.2) is 9.67 Å². The summed E-state index contributed by atoms with van der Waals surface area (Å²) in [6, 6.07) is 16.0. The SMILES string of the molecule is OCc1cn(Cc2ccccc2)c2cc(Cl)ccc12. The predicted molar refractivity (Wildman–Crippen MR) is 78.4 cm³/mol. The molecule has 0 spiro atoms. The third-order valence-corrected chi connectivity index (χ3v) is 3.53. The fraction of sp³-hybridized carbons (Fsp3) is 0.125.